The highest BCUT2D eigenvalue weighted by molar-refractivity contribution is 5.95. The number of hydrogen-bond donors (Lipinski definition) is 1. The standard InChI is InChI=1S/C14H16O4/c1-2-18-13-8-4-11(5-9-13)3-6-12(15)7-10-14(16)17/h3-6,8-9H,2,7,10H2,1H3,(H,16,17)/b6-3+. The van der Waals surface area contributed by atoms with Gasteiger partial charge in [0.05, 0.1) is 13.0 Å². The quantitative estimate of drug-likeness (QED) is 0.753. The first-order valence-corrected chi connectivity index (χ1v) is 5.77. The van der Waals surface area contributed by atoms with E-state index in [4.69, 9.17) is 9.84 Å². The van der Waals surface area contributed by atoms with E-state index < -0.39 is 5.97 Å². The van der Waals surface area contributed by atoms with Crippen LogP contribution in [0.5, 0.6) is 5.75 Å². The van der Waals surface area contributed by atoms with Crippen LogP contribution in [-0.2, 0) is 9.59 Å². The molecular formula is C14H16O4. The molecule has 0 aliphatic rings. The molecule has 1 N–H and O–H groups in total. The van der Waals surface area contributed by atoms with E-state index >= 15 is 0 Å². The predicted molar refractivity (Wildman–Crippen MR) is 68.5 cm³/mol. The van der Waals surface area contributed by atoms with Crippen molar-refractivity contribution < 1.29 is 19.4 Å². The van der Waals surface area contributed by atoms with Crippen LogP contribution >= 0.6 is 0 Å². The zero-order valence-electron chi connectivity index (χ0n) is 10.3. The minimum Gasteiger partial charge on any atom is -0.494 e. The molecule has 4 nitrogen and oxygen atoms in total. The minimum atomic E-state index is -0.960. The third-order valence-electron chi connectivity index (χ3n) is 2.24. The van der Waals surface area contributed by atoms with Gasteiger partial charge < -0.3 is 9.84 Å². The number of carbonyl (C=O) groups is 2. The van der Waals surface area contributed by atoms with Crippen LogP contribution in [0, 0.1) is 0 Å². The van der Waals surface area contributed by atoms with Gasteiger partial charge in [0.15, 0.2) is 5.78 Å². The van der Waals surface area contributed by atoms with E-state index in [9.17, 15) is 9.59 Å². The number of ether oxygens (including phenoxy) is 1. The lowest BCUT2D eigenvalue weighted by molar-refractivity contribution is -0.138. The van der Waals surface area contributed by atoms with Crippen molar-refractivity contribution in [1.29, 1.82) is 0 Å². The Morgan fingerprint density at radius 2 is 1.89 bits per heavy atom. The molecule has 0 spiro atoms. The van der Waals surface area contributed by atoms with Gasteiger partial charge in [0, 0.05) is 6.42 Å². The molecule has 0 saturated carbocycles. The Morgan fingerprint density at radius 3 is 2.44 bits per heavy atom. The molecule has 0 fully saturated rings. The molecular weight excluding hydrogens is 232 g/mol. The van der Waals surface area contributed by atoms with Crippen LogP contribution in [0.15, 0.2) is 30.3 Å². The minimum absolute atomic E-state index is 0.0306. The maximum Gasteiger partial charge on any atom is 0.303 e. The third kappa shape index (κ3) is 5.30. The lowest BCUT2D eigenvalue weighted by Crippen LogP contribution is -1.99. The fourth-order valence-corrected chi connectivity index (χ4v) is 1.34. The highest BCUT2D eigenvalue weighted by Crippen LogP contribution is 2.13. The molecule has 1 aromatic rings. The normalized spacial score (nSPS) is 10.5. The number of carboxylic acid groups (broad SMARTS) is 1. The molecule has 0 unspecified atom stereocenters. The largest absolute Gasteiger partial charge is 0.494 e. The number of benzene rings is 1. The highest BCUT2D eigenvalue weighted by atomic mass is 16.5. The van der Waals surface area contributed by atoms with Crippen LogP contribution in [0.2, 0.25) is 0 Å². The number of aliphatic carboxylic acids is 1. The Balaban J connectivity index is 2.50. The van der Waals surface area contributed by atoms with Crippen molar-refractivity contribution in [2.24, 2.45) is 0 Å². The molecule has 0 aromatic heterocycles. The fraction of sp³-hybridized carbons (Fsp3) is 0.286. The second kappa shape index (κ2) is 7.27. The molecule has 0 atom stereocenters. The Hall–Kier alpha value is -2.10. The van der Waals surface area contributed by atoms with Crippen LogP contribution in [0.4, 0.5) is 0 Å². The molecule has 18 heavy (non-hydrogen) atoms. The van der Waals surface area contributed by atoms with E-state index in [2.05, 4.69) is 0 Å². The summed E-state index contributed by atoms with van der Waals surface area (Å²) in [5.74, 6) is -0.365. The van der Waals surface area contributed by atoms with E-state index in [1.54, 1.807) is 6.08 Å². The second-order valence-corrected chi connectivity index (χ2v) is 3.70. The van der Waals surface area contributed by atoms with E-state index in [1.165, 1.54) is 6.08 Å². The molecule has 1 aromatic carbocycles. The number of rotatable bonds is 7. The summed E-state index contributed by atoms with van der Waals surface area (Å²) in [4.78, 5) is 21.6. The molecule has 0 heterocycles. The van der Waals surface area contributed by atoms with Crippen LogP contribution in [0.3, 0.4) is 0 Å². The molecule has 0 amide bonds. The molecule has 96 valence electrons. The van der Waals surface area contributed by atoms with Gasteiger partial charge in [0.25, 0.3) is 0 Å². The van der Waals surface area contributed by atoms with Crippen molar-refractivity contribution in [1.82, 2.24) is 0 Å². The summed E-state index contributed by atoms with van der Waals surface area (Å²) in [5, 5.41) is 8.44. The third-order valence-corrected chi connectivity index (χ3v) is 2.24. The number of allylic oxidation sites excluding steroid dienone is 1. The van der Waals surface area contributed by atoms with Gasteiger partial charge in [-0.2, -0.15) is 0 Å². The Labute approximate surface area is 106 Å². The average Bonchev–Trinajstić information content (AvgIpc) is 2.36. The van der Waals surface area contributed by atoms with E-state index in [-0.39, 0.29) is 18.6 Å². The molecule has 0 saturated heterocycles. The lowest BCUT2D eigenvalue weighted by atomic mass is 10.1. The molecule has 4 heteroatoms. The number of carboxylic acids is 1. The van der Waals surface area contributed by atoms with Crippen molar-refractivity contribution >= 4 is 17.8 Å². The lowest BCUT2D eigenvalue weighted by Gasteiger charge is -2.02. The maximum absolute atomic E-state index is 11.3. The molecule has 0 aliphatic heterocycles. The van der Waals surface area contributed by atoms with E-state index in [0.29, 0.717) is 6.61 Å². The first-order valence-electron chi connectivity index (χ1n) is 5.77. The summed E-state index contributed by atoms with van der Waals surface area (Å²) in [5.41, 5.74) is 0.877. The van der Waals surface area contributed by atoms with Gasteiger partial charge >= 0.3 is 5.97 Å². The Kier molecular flexibility index (Phi) is 5.64. The van der Waals surface area contributed by atoms with Crippen molar-refractivity contribution in [3.8, 4) is 5.75 Å². The first kappa shape index (κ1) is 14.0. The van der Waals surface area contributed by atoms with Crippen LogP contribution in [0.25, 0.3) is 6.08 Å². The van der Waals surface area contributed by atoms with Gasteiger partial charge in [-0.1, -0.05) is 18.2 Å². The van der Waals surface area contributed by atoms with Crippen LogP contribution in [0.1, 0.15) is 25.3 Å². The van der Waals surface area contributed by atoms with Gasteiger partial charge in [-0.05, 0) is 30.7 Å². The summed E-state index contributed by atoms with van der Waals surface area (Å²) in [7, 11) is 0. The monoisotopic (exact) mass is 248 g/mol. The maximum atomic E-state index is 11.3. The zero-order valence-corrected chi connectivity index (χ0v) is 10.3. The molecule has 0 aliphatic carbocycles. The Bertz CT molecular complexity index is 432. The molecule has 1 rings (SSSR count). The predicted octanol–water partition coefficient (Wildman–Crippen LogP) is 2.53. The summed E-state index contributed by atoms with van der Waals surface area (Å²) in [6, 6.07) is 7.33. The van der Waals surface area contributed by atoms with Gasteiger partial charge in [-0.3, -0.25) is 9.59 Å². The second-order valence-electron chi connectivity index (χ2n) is 3.70. The van der Waals surface area contributed by atoms with Gasteiger partial charge in [0.2, 0.25) is 0 Å². The highest BCUT2D eigenvalue weighted by Gasteiger charge is 2.01. The molecule has 0 bridgehead atoms. The van der Waals surface area contributed by atoms with Crippen molar-refractivity contribution in [3.63, 3.8) is 0 Å². The zero-order chi connectivity index (χ0) is 13.4. The van der Waals surface area contributed by atoms with Crippen molar-refractivity contribution in [2.75, 3.05) is 6.61 Å². The van der Waals surface area contributed by atoms with E-state index in [1.807, 2.05) is 31.2 Å². The molecule has 0 radical (unpaired) electrons. The summed E-state index contributed by atoms with van der Waals surface area (Å²) >= 11 is 0. The summed E-state index contributed by atoms with van der Waals surface area (Å²) in [6.45, 7) is 2.53. The average molecular weight is 248 g/mol. The topological polar surface area (TPSA) is 63.6 Å². The van der Waals surface area contributed by atoms with Crippen LogP contribution < -0.4 is 4.74 Å². The van der Waals surface area contributed by atoms with Crippen LogP contribution in [-0.4, -0.2) is 23.5 Å². The fourth-order valence-electron chi connectivity index (χ4n) is 1.34. The van der Waals surface area contributed by atoms with Crippen molar-refractivity contribution in [2.45, 2.75) is 19.8 Å². The van der Waals surface area contributed by atoms with Crippen molar-refractivity contribution in [3.05, 3.63) is 35.9 Å². The van der Waals surface area contributed by atoms with Gasteiger partial charge in [-0.15, -0.1) is 0 Å². The van der Waals surface area contributed by atoms with Gasteiger partial charge in [0.1, 0.15) is 5.75 Å². The summed E-state index contributed by atoms with van der Waals surface area (Å²) < 4.78 is 5.30. The Morgan fingerprint density at radius 1 is 1.22 bits per heavy atom. The first-order chi connectivity index (χ1) is 8.61. The number of hydrogen-bond acceptors (Lipinski definition) is 3. The van der Waals surface area contributed by atoms with E-state index in [0.717, 1.165) is 11.3 Å². The van der Waals surface area contributed by atoms with Gasteiger partial charge in [-0.25, -0.2) is 0 Å². The number of ketones is 1. The smallest absolute Gasteiger partial charge is 0.303 e. The number of carbonyl (C=O) groups excluding carboxylic acids is 1. The summed E-state index contributed by atoms with van der Waals surface area (Å²) in [6.07, 6.45) is 2.97. The SMILES string of the molecule is CCOc1ccc(/C=C/C(=O)CCC(=O)O)cc1.